The number of nitrogens with one attached hydrogen (secondary N) is 1. The molecule has 0 saturated heterocycles. The van der Waals surface area contributed by atoms with E-state index < -0.39 is 0 Å². The second kappa shape index (κ2) is 2.49. The molecule has 13 heavy (non-hydrogen) atoms. The van der Waals surface area contributed by atoms with E-state index in [1.807, 2.05) is 0 Å². The van der Waals surface area contributed by atoms with Gasteiger partial charge in [-0.3, -0.25) is 4.79 Å². The predicted molar refractivity (Wildman–Crippen MR) is 50.1 cm³/mol. The van der Waals surface area contributed by atoms with Crippen LogP contribution >= 0.6 is 0 Å². The van der Waals surface area contributed by atoms with Crippen LogP contribution in [0.4, 0.5) is 0 Å². The van der Waals surface area contributed by atoms with E-state index in [0.29, 0.717) is 0 Å². The highest BCUT2D eigenvalue weighted by Gasteiger charge is 2.59. The van der Waals surface area contributed by atoms with Crippen molar-refractivity contribution in [3.8, 4) is 0 Å². The lowest BCUT2D eigenvalue weighted by molar-refractivity contribution is -0.112. The van der Waals surface area contributed by atoms with E-state index in [-0.39, 0.29) is 5.54 Å². The van der Waals surface area contributed by atoms with Crippen LogP contribution in [-0.4, -0.2) is 11.9 Å². The van der Waals surface area contributed by atoms with Crippen molar-refractivity contribution in [1.29, 1.82) is 0 Å². The molecule has 3 fully saturated rings. The summed E-state index contributed by atoms with van der Waals surface area (Å²) in [5, 5.41) is 3.17. The van der Waals surface area contributed by atoms with E-state index in [9.17, 15) is 4.79 Å². The van der Waals surface area contributed by atoms with Crippen LogP contribution in [0.3, 0.4) is 0 Å². The average molecular weight is 179 g/mol. The molecule has 0 aliphatic heterocycles. The fourth-order valence-electron chi connectivity index (χ4n) is 4.48. The summed E-state index contributed by atoms with van der Waals surface area (Å²) >= 11 is 0. The number of carbonyl (C=O) groups excluding carboxylic acids is 1. The summed E-state index contributed by atoms with van der Waals surface area (Å²) in [7, 11) is 0. The number of hydrogen-bond acceptors (Lipinski definition) is 1. The van der Waals surface area contributed by atoms with Gasteiger partial charge in [0.2, 0.25) is 6.41 Å². The maximum absolute atomic E-state index is 10.7. The minimum Gasteiger partial charge on any atom is -0.353 e. The van der Waals surface area contributed by atoms with Crippen molar-refractivity contribution in [3.63, 3.8) is 0 Å². The molecule has 2 bridgehead atoms. The molecular weight excluding hydrogens is 162 g/mol. The monoisotopic (exact) mass is 179 g/mol. The van der Waals surface area contributed by atoms with Gasteiger partial charge < -0.3 is 5.32 Å². The summed E-state index contributed by atoms with van der Waals surface area (Å²) < 4.78 is 0. The Morgan fingerprint density at radius 2 is 2.23 bits per heavy atom. The van der Waals surface area contributed by atoms with Gasteiger partial charge in [-0.15, -0.1) is 0 Å². The first kappa shape index (κ1) is 7.84. The molecule has 2 heteroatoms. The van der Waals surface area contributed by atoms with Gasteiger partial charge >= 0.3 is 0 Å². The van der Waals surface area contributed by atoms with Crippen molar-refractivity contribution in [2.75, 3.05) is 0 Å². The van der Waals surface area contributed by atoms with Crippen LogP contribution in [0, 0.1) is 17.8 Å². The fourth-order valence-corrected chi connectivity index (χ4v) is 4.48. The van der Waals surface area contributed by atoms with Crippen LogP contribution in [0.2, 0.25) is 0 Å². The second-order valence-electron chi connectivity index (χ2n) is 5.07. The van der Waals surface area contributed by atoms with Crippen molar-refractivity contribution >= 4 is 6.41 Å². The number of hydrogen-bond donors (Lipinski definition) is 1. The van der Waals surface area contributed by atoms with Crippen LogP contribution in [-0.2, 0) is 4.79 Å². The third-order valence-electron chi connectivity index (χ3n) is 4.87. The Kier molecular flexibility index (Phi) is 1.50. The highest BCUT2D eigenvalue weighted by atomic mass is 16.1. The summed E-state index contributed by atoms with van der Waals surface area (Å²) in [6, 6.07) is 0. The Balaban J connectivity index is 1.94. The minimum absolute atomic E-state index is 0.255. The summed E-state index contributed by atoms with van der Waals surface area (Å²) in [4.78, 5) is 10.7. The molecule has 3 aliphatic carbocycles. The summed E-state index contributed by atoms with van der Waals surface area (Å²) in [6.45, 7) is 0. The molecule has 3 aliphatic rings. The molecule has 3 saturated carbocycles. The molecule has 0 spiro atoms. The molecule has 4 unspecified atom stereocenters. The number of amides is 1. The Morgan fingerprint density at radius 1 is 1.31 bits per heavy atom. The molecule has 0 radical (unpaired) electrons. The van der Waals surface area contributed by atoms with Gasteiger partial charge in [0.25, 0.3) is 0 Å². The molecule has 1 amide bonds. The standard InChI is InChI=1S/C11H17NO/c13-7-12-11-5-1-2-10(11)8-3-4-9(11)6-8/h7-10H,1-6H2,(H,12,13). The summed E-state index contributed by atoms with van der Waals surface area (Å²) in [6.07, 6.45) is 9.07. The molecule has 2 nitrogen and oxygen atoms in total. The van der Waals surface area contributed by atoms with Crippen LogP contribution in [0.15, 0.2) is 0 Å². The molecule has 0 aromatic heterocycles. The van der Waals surface area contributed by atoms with Gasteiger partial charge in [-0.05, 0) is 49.9 Å². The van der Waals surface area contributed by atoms with E-state index in [1.165, 1.54) is 38.5 Å². The average Bonchev–Trinajstić information content (AvgIpc) is 2.72. The zero-order valence-electron chi connectivity index (χ0n) is 7.96. The largest absolute Gasteiger partial charge is 0.353 e. The van der Waals surface area contributed by atoms with Crippen molar-refractivity contribution in [3.05, 3.63) is 0 Å². The maximum atomic E-state index is 10.7. The van der Waals surface area contributed by atoms with E-state index in [0.717, 1.165) is 24.2 Å². The second-order valence-corrected chi connectivity index (χ2v) is 5.07. The Bertz CT molecular complexity index is 240. The molecule has 4 atom stereocenters. The highest BCUT2D eigenvalue weighted by Crippen LogP contribution is 2.60. The first-order valence-corrected chi connectivity index (χ1v) is 5.58. The molecule has 0 aromatic rings. The zero-order chi connectivity index (χ0) is 8.89. The van der Waals surface area contributed by atoms with Crippen molar-refractivity contribution in [1.82, 2.24) is 5.32 Å². The first-order chi connectivity index (χ1) is 6.37. The minimum atomic E-state index is 0.255. The lowest BCUT2D eigenvalue weighted by atomic mass is 9.75. The van der Waals surface area contributed by atoms with Crippen LogP contribution in [0.1, 0.15) is 38.5 Å². The normalized spacial score (nSPS) is 52.2. The molecule has 1 N–H and O–H groups in total. The third-order valence-corrected chi connectivity index (χ3v) is 4.87. The fraction of sp³-hybridized carbons (Fsp3) is 0.909. The Labute approximate surface area is 79.1 Å². The van der Waals surface area contributed by atoms with Gasteiger partial charge in [0, 0.05) is 5.54 Å². The van der Waals surface area contributed by atoms with E-state index in [2.05, 4.69) is 5.32 Å². The summed E-state index contributed by atoms with van der Waals surface area (Å²) in [5.41, 5.74) is 0.255. The molecule has 0 heterocycles. The van der Waals surface area contributed by atoms with Gasteiger partial charge in [-0.1, -0.05) is 6.42 Å². The third kappa shape index (κ3) is 0.818. The van der Waals surface area contributed by atoms with Gasteiger partial charge in [-0.2, -0.15) is 0 Å². The van der Waals surface area contributed by atoms with Crippen LogP contribution in [0.5, 0.6) is 0 Å². The maximum Gasteiger partial charge on any atom is 0.207 e. The summed E-state index contributed by atoms with van der Waals surface area (Å²) in [5.74, 6) is 2.59. The SMILES string of the molecule is O=CNC12CCCC1C1CCC2C1. The zero-order valence-corrected chi connectivity index (χ0v) is 7.96. The van der Waals surface area contributed by atoms with Crippen LogP contribution in [0.25, 0.3) is 0 Å². The quantitative estimate of drug-likeness (QED) is 0.642. The Morgan fingerprint density at radius 3 is 3.08 bits per heavy atom. The Hall–Kier alpha value is -0.530. The molecule has 3 rings (SSSR count). The van der Waals surface area contributed by atoms with Crippen molar-refractivity contribution < 1.29 is 4.79 Å². The van der Waals surface area contributed by atoms with Gasteiger partial charge in [0.1, 0.15) is 0 Å². The predicted octanol–water partition coefficient (Wildman–Crippen LogP) is 1.70. The first-order valence-electron chi connectivity index (χ1n) is 5.58. The van der Waals surface area contributed by atoms with E-state index in [1.54, 1.807) is 0 Å². The van der Waals surface area contributed by atoms with E-state index in [4.69, 9.17) is 0 Å². The molecular formula is C11H17NO. The number of rotatable bonds is 2. The van der Waals surface area contributed by atoms with Crippen LogP contribution < -0.4 is 5.32 Å². The number of carbonyl (C=O) groups is 1. The van der Waals surface area contributed by atoms with E-state index >= 15 is 0 Å². The van der Waals surface area contributed by atoms with Gasteiger partial charge in [0.15, 0.2) is 0 Å². The molecule has 72 valence electrons. The topological polar surface area (TPSA) is 29.1 Å². The highest BCUT2D eigenvalue weighted by molar-refractivity contribution is 5.49. The lowest BCUT2D eigenvalue weighted by Crippen LogP contribution is -2.51. The number of fused-ring (bicyclic) bond motifs is 5. The van der Waals surface area contributed by atoms with Crippen molar-refractivity contribution in [2.45, 2.75) is 44.1 Å². The van der Waals surface area contributed by atoms with Gasteiger partial charge in [-0.25, -0.2) is 0 Å². The van der Waals surface area contributed by atoms with Crippen molar-refractivity contribution in [2.24, 2.45) is 17.8 Å². The lowest BCUT2D eigenvalue weighted by Gasteiger charge is -2.39. The molecule has 0 aromatic carbocycles. The van der Waals surface area contributed by atoms with Gasteiger partial charge in [0.05, 0.1) is 0 Å². The smallest absolute Gasteiger partial charge is 0.207 e.